The van der Waals surface area contributed by atoms with Gasteiger partial charge in [-0.1, -0.05) is 36.8 Å². The van der Waals surface area contributed by atoms with Gasteiger partial charge >= 0.3 is 0 Å². The van der Waals surface area contributed by atoms with Gasteiger partial charge in [0.15, 0.2) is 0 Å². The van der Waals surface area contributed by atoms with E-state index in [1.54, 1.807) is 24.3 Å². The fraction of sp³-hybridized carbons (Fsp3) is 0.333. The molecule has 2 aromatic rings. The van der Waals surface area contributed by atoms with Gasteiger partial charge in [0.05, 0.1) is 16.8 Å². The van der Waals surface area contributed by atoms with Crippen molar-refractivity contribution in [2.75, 3.05) is 21.3 Å². The highest BCUT2D eigenvalue weighted by Gasteiger charge is 2.27. The van der Waals surface area contributed by atoms with Crippen molar-refractivity contribution in [2.24, 2.45) is 0 Å². The summed E-state index contributed by atoms with van der Waals surface area (Å²) in [7, 11) is -7.04. The van der Waals surface area contributed by atoms with Gasteiger partial charge in [0.25, 0.3) is 10.0 Å². The van der Waals surface area contributed by atoms with Gasteiger partial charge in [-0.3, -0.25) is 9.03 Å². The summed E-state index contributed by atoms with van der Waals surface area (Å²) in [6, 6.07) is 12.6. The van der Waals surface area contributed by atoms with Crippen molar-refractivity contribution >= 4 is 37.5 Å². The highest BCUT2D eigenvalue weighted by Crippen LogP contribution is 2.32. The smallest absolute Gasteiger partial charge is 0.255 e. The number of nitrogens with zero attached hydrogens (tertiary/aromatic N) is 1. The third-order valence-electron chi connectivity index (χ3n) is 4.73. The van der Waals surface area contributed by atoms with E-state index in [2.05, 4.69) is 4.72 Å². The zero-order chi connectivity index (χ0) is 21.1. The molecule has 6 nitrogen and oxygen atoms in total. The molecule has 0 atom stereocenters. The van der Waals surface area contributed by atoms with Gasteiger partial charge in [-0.2, -0.15) is 0 Å². The molecule has 2 aromatic carbocycles. The summed E-state index contributed by atoms with van der Waals surface area (Å²) in [5.74, 6) is 0.102. The number of hydrogen-bond donors (Lipinski definition) is 1. The monoisotopic (exact) mass is 434 g/mol. The lowest BCUT2D eigenvalue weighted by atomic mass is 10.0. The Morgan fingerprint density at radius 2 is 1.79 bits per heavy atom. The average Bonchev–Trinajstić information content (AvgIpc) is 2.66. The van der Waals surface area contributed by atoms with E-state index in [0.717, 1.165) is 22.1 Å². The van der Waals surface area contributed by atoms with Crippen LogP contribution >= 0.6 is 0 Å². The van der Waals surface area contributed by atoms with Crippen molar-refractivity contribution in [3.63, 3.8) is 0 Å². The first-order chi connectivity index (χ1) is 13.7. The van der Waals surface area contributed by atoms with Crippen LogP contribution in [-0.4, -0.2) is 29.1 Å². The molecule has 1 heterocycles. The third-order valence-corrected chi connectivity index (χ3v) is 7.72. The van der Waals surface area contributed by atoms with Crippen molar-refractivity contribution < 1.29 is 16.8 Å². The summed E-state index contributed by atoms with van der Waals surface area (Å²) in [6.07, 6.45) is 3.51. The highest BCUT2D eigenvalue weighted by atomic mass is 32.2. The van der Waals surface area contributed by atoms with Crippen LogP contribution in [0.1, 0.15) is 36.5 Å². The minimum absolute atomic E-state index is 0.102. The fourth-order valence-corrected chi connectivity index (χ4v) is 5.81. The Hall–Kier alpha value is -2.32. The van der Waals surface area contributed by atoms with Crippen molar-refractivity contribution in [1.82, 2.24) is 0 Å². The van der Waals surface area contributed by atoms with Crippen molar-refractivity contribution in [3.8, 4) is 0 Å². The number of hydrogen-bond acceptors (Lipinski definition) is 4. The highest BCUT2D eigenvalue weighted by molar-refractivity contribution is 7.95. The molecule has 1 aliphatic heterocycles. The number of fused-ring (bicyclic) bond motifs is 1. The maximum absolute atomic E-state index is 12.5. The Kier molecular flexibility index (Phi) is 6.33. The van der Waals surface area contributed by atoms with Gasteiger partial charge < -0.3 is 0 Å². The number of benzene rings is 2. The van der Waals surface area contributed by atoms with Gasteiger partial charge in [-0.25, -0.2) is 16.8 Å². The number of aryl methyl sites for hydroxylation is 2. The predicted octanol–water partition coefficient (Wildman–Crippen LogP) is 3.90. The standard InChI is InChI=1S/C21H26N2O4S2/c1-3-14-29(26,27)23-13-4-5-19-16-20(10-11-21(19)23)22-28(24,25)15-12-18-8-6-17(2)7-9-18/h6-12,15-16,22H,3-5,13-14H2,1-2H3. The van der Waals surface area contributed by atoms with Crippen LogP contribution in [0.5, 0.6) is 0 Å². The third kappa shape index (κ3) is 5.39. The first-order valence-corrected chi connectivity index (χ1v) is 12.8. The van der Waals surface area contributed by atoms with E-state index >= 15 is 0 Å². The van der Waals surface area contributed by atoms with Crippen LogP contribution in [0.3, 0.4) is 0 Å². The predicted molar refractivity (Wildman–Crippen MR) is 119 cm³/mol. The summed E-state index contributed by atoms with van der Waals surface area (Å²) in [5, 5.41) is 1.13. The zero-order valence-corrected chi connectivity index (χ0v) is 18.3. The molecule has 0 aliphatic carbocycles. The second-order valence-electron chi connectivity index (χ2n) is 7.20. The molecule has 1 aliphatic rings. The summed E-state index contributed by atoms with van der Waals surface area (Å²) < 4.78 is 53.8. The molecule has 0 spiro atoms. The largest absolute Gasteiger partial charge is 0.280 e. The first kappa shape index (κ1) is 21.4. The lowest BCUT2D eigenvalue weighted by Crippen LogP contribution is -2.37. The average molecular weight is 435 g/mol. The Labute approximate surface area is 173 Å². The van der Waals surface area contributed by atoms with Gasteiger partial charge in [-0.15, -0.1) is 0 Å². The van der Waals surface area contributed by atoms with E-state index in [4.69, 9.17) is 0 Å². The van der Waals surface area contributed by atoms with Crippen LogP contribution in [0.4, 0.5) is 11.4 Å². The van der Waals surface area contributed by atoms with Crippen molar-refractivity contribution in [2.45, 2.75) is 33.1 Å². The van der Waals surface area contributed by atoms with Crippen LogP contribution in [0.15, 0.2) is 47.9 Å². The van der Waals surface area contributed by atoms with Crippen LogP contribution in [0.25, 0.3) is 6.08 Å². The summed E-state index contributed by atoms with van der Waals surface area (Å²) in [6.45, 7) is 4.26. The second-order valence-corrected chi connectivity index (χ2v) is 10.8. The Morgan fingerprint density at radius 1 is 1.07 bits per heavy atom. The van der Waals surface area contributed by atoms with E-state index in [-0.39, 0.29) is 5.75 Å². The first-order valence-electron chi connectivity index (χ1n) is 9.61. The maximum Gasteiger partial charge on any atom is 0.255 e. The number of rotatable bonds is 7. The van der Waals surface area contributed by atoms with Crippen molar-refractivity contribution in [3.05, 3.63) is 64.6 Å². The molecule has 0 saturated heterocycles. The molecule has 0 bridgehead atoms. The summed E-state index contributed by atoms with van der Waals surface area (Å²) in [5.41, 5.74) is 3.80. The quantitative estimate of drug-likeness (QED) is 0.716. The molecular formula is C21H26N2O4S2. The van der Waals surface area contributed by atoms with Crippen LogP contribution in [0, 0.1) is 6.92 Å². The number of sulfonamides is 2. The van der Waals surface area contributed by atoms with Gasteiger partial charge in [0.2, 0.25) is 10.0 Å². The summed E-state index contributed by atoms with van der Waals surface area (Å²) >= 11 is 0. The Bertz CT molecular complexity index is 1110. The normalized spacial score (nSPS) is 14.8. The number of anilines is 2. The molecule has 3 rings (SSSR count). The Balaban J connectivity index is 1.79. The van der Waals surface area contributed by atoms with E-state index in [9.17, 15) is 16.8 Å². The molecule has 156 valence electrons. The van der Waals surface area contributed by atoms with Crippen LogP contribution < -0.4 is 9.03 Å². The lowest BCUT2D eigenvalue weighted by molar-refractivity contribution is 0.585. The van der Waals surface area contributed by atoms with E-state index in [1.807, 2.05) is 38.1 Å². The minimum atomic E-state index is -3.68. The van der Waals surface area contributed by atoms with Gasteiger partial charge in [0, 0.05) is 12.2 Å². The number of nitrogens with one attached hydrogen (secondary N) is 1. The topological polar surface area (TPSA) is 83.6 Å². The zero-order valence-electron chi connectivity index (χ0n) is 16.6. The van der Waals surface area contributed by atoms with Gasteiger partial charge in [-0.05, 0) is 61.6 Å². The van der Waals surface area contributed by atoms with E-state index in [0.29, 0.717) is 37.2 Å². The van der Waals surface area contributed by atoms with Crippen LogP contribution in [-0.2, 0) is 26.5 Å². The van der Waals surface area contributed by atoms with Crippen molar-refractivity contribution in [1.29, 1.82) is 0 Å². The van der Waals surface area contributed by atoms with E-state index < -0.39 is 20.0 Å². The molecule has 0 radical (unpaired) electrons. The molecule has 29 heavy (non-hydrogen) atoms. The molecular weight excluding hydrogens is 408 g/mol. The maximum atomic E-state index is 12.5. The summed E-state index contributed by atoms with van der Waals surface area (Å²) in [4.78, 5) is 0. The lowest BCUT2D eigenvalue weighted by Gasteiger charge is -2.30. The molecule has 0 fully saturated rings. The van der Waals surface area contributed by atoms with Crippen LogP contribution in [0.2, 0.25) is 0 Å². The molecule has 0 unspecified atom stereocenters. The fourth-order valence-electron chi connectivity index (χ4n) is 3.33. The second kappa shape index (κ2) is 8.59. The molecule has 0 amide bonds. The molecule has 8 heteroatoms. The molecule has 1 N–H and O–H groups in total. The Morgan fingerprint density at radius 3 is 2.48 bits per heavy atom. The van der Waals surface area contributed by atoms with Gasteiger partial charge in [0.1, 0.15) is 0 Å². The SMILES string of the molecule is CCCS(=O)(=O)N1CCCc2cc(NS(=O)(=O)C=Cc3ccc(C)cc3)ccc21. The minimum Gasteiger partial charge on any atom is -0.280 e. The van der Waals surface area contributed by atoms with E-state index in [1.165, 1.54) is 4.31 Å². The molecule has 0 aromatic heterocycles. The molecule has 0 saturated carbocycles.